The van der Waals surface area contributed by atoms with Gasteiger partial charge in [0.05, 0.1) is 21.7 Å². The van der Waals surface area contributed by atoms with E-state index in [1.165, 1.54) is 0 Å². The molecular formula is C32H42ClN5O3S. The van der Waals surface area contributed by atoms with E-state index < -0.39 is 21.4 Å². The van der Waals surface area contributed by atoms with E-state index in [-0.39, 0.29) is 17.6 Å². The lowest BCUT2D eigenvalue weighted by Crippen LogP contribution is -2.58. The summed E-state index contributed by atoms with van der Waals surface area (Å²) in [6.07, 6.45) is 3.53. The average molecular weight is 612 g/mol. The monoisotopic (exact) mass is 611 g/mol. The highest BCUT2D eigenvalue weighted by atomic mass is 35.5. The predicted octanol–water partition coefficient (Wildman–Crippen LogP) is 5.91. The van der Waals surface area contributed by atoms with Gasteiger partial charge in [0.1, 0.15) is 17.7 Å². The van der Waals surface area contributed by atoms with Gasteiger partial charge in [-0.3, -0.25) is 4.79 Å². The second kappa shape index (κ2) is 12.1. The Balaban J connectivity index is 1.45. The molecule has 1 atom stereocenters. The van der Waals surface area contributed by atoms with Crippen LogP contribution in [-0.4, -0.2) is 77.1 Å². The number of hydrogen-bond acceptors (Lipinski definition) is 7. The van der Waals surface area contributed by atoms with Crippen molar-refractivity contribution in [3.63, 3.8) is 0 Å². The minimum Gasteiger partial charge on any atom is -0.358 e. The highest BCUT2D eigenvalue weighted by Crippen LogP contribution is 2.41. The molecule has 1 aromatic heterocycles. The van der Waals surface area contributed by atoms with E-state index in [0.29, 0.717) is 59.5 Å². The smallest absolute Gasteiger partial charge is 0.245 e. The molecule has 3 aromatic rings. The Morgan fingerprint density at radius 2 is 1.74 bits per heavy atom. The molecule has 0 unspecified atom stereocenters. The van der Waals surface area contributed by atoms with Gasteiger partial charge in [0.2, 0.25) is 5.91 Å². The maximum Gasteiger partial charge on any atom is 0.245 e. The molecule has 1 saturated carbocycles. The summed E-state index contributed by atoms with van der Waals surface area (Å²) in [5.41, 5.74) is -0.00247. The molecule has 2 heterocycles. The summed E-state index contributed by atoms with van der Waals surface area (Å²) in [6.45, 7) is 8.92. The lowest BCUT2D eigenvalue weighted by molar-refractivity contribution is -0.134. The highest BCUT2D eigenvalue weighted by molar-refractivity contribution is 7.91. The molecule has 1 amide bonds. The quantitative estimate of drug-likeness (QED) is 0.321. The first kappa shape index (κ1) is 30.7. The van der Waals surface area contributed by atoms with E-state index in [0.717, 1.165) is 23.7 Å². The number of aromatic nitrogens is 2. The second-order valence-corrected chi connectivity index (χ2v) is 14.9. The third-order valence-electron chi connectivity index (χ3n) is 9.12. The Morgan fingerprint density at radius 1 is 1.05 bits per heavy atom. The summed E-state index contributed by atoms with van der Waals surface area (Å²) in [5.74, 6) is 1.22. The Hall–Kier alpha value is -2.75. The number of amides is 1. The molecular weight excluding hydrogens is 570 g/mol. The number of halogens is 1. The Labute approximate surface area is 254 Å². The van der Waals surface area contributed by atoms with Crippen molar-refractivity contribution in [2.24, 2.45) is 0 Å². The number of carbonyl (C=O) groups excluding carboxylic acids is 1. The van der Waals surface area contributed by atoms with E-state index in [1.807, 2.05) is 36.9 Å². The first-order valence-corrected chi connectivity index (χ1v) is 17.0. The summed E-state index contributed by atoms with van der Waals surface area (Å²) in [7, 11) is -1.49. The number of benzene rings is 2. The van der Waals surface area contributed by atoms with Gasteiger partial charge in [-0.15, -0.1) is 0 Å². The van der Waals surface area contributed by atoms with Crippen LogP contribution in [0, 0.1) is 0 Å². The van der Waals surface area contributed by atoms with Gasteiger partial charge in [0.25, 0.3) is 0 Å². The molecule has 1 N–H and O–H groups in total. The van der Waals surface area contributed by atoms with Gasteiger partial charge < -0.3 is 15.1 Å². The zero-order valence-corrected chi connectivity index (χ0v) is 26.8. The molecule has 0 radical (unpaired) electrons. The molecule has 0 bridgehead atoms. The third-order valence-corrected chi connectivity index (χ3v) is 11.3. The number of nitrogens with one attached hydrogen (secondary N) is 1. The number of likely N-dealkylation sites (tertiary alicyclic amines) is 1. The van der Waals surface area contributed by atoms with Crippen LogP contribution < -0.4 is 5.32 Å². The van der Waals surface area contributed by atoms with Gasteiger partial charge in [-0.05, 0) is 83.3 Å². The summed E-state index contributed by atoms with van der Waals surface area (Å²) < 4.78 is 27.5. The van der Waals surface area contributed by atoms with Crippen molar-refractivity contribution in [2.75, 3.05) is 24.7 Å². The van der Waals surface area contributed by atoms with Crippen molar-refractivity contribution in [2.45, 2.75) is 94.3 Å². The Kier molecular flexibility index (Phi) is 8.84. The van der Waals surface area contributed by atoms with Crippen molar-refractivity contribution in [3.8, 4) is 0 Å². The standard InChI is InChI=1S/C32H42ClN5O3S/c1-21(2)29-34-27-12-11-23(33)19-26(27)30(36-29)35-28-15-18-38(31(28)39)32(16-13-24(14-17-32)37(5)22(3)4)20-42(40,41)25-9-7-6-8-10-25/h6-12,19,21-22,24,28H,13-18,20H2,1-5H3,(H,34,35,36)/t24?,28-,32?/m0/s1. The van der Waals surface area contributed by atoms with E-state index >= 15 is 0 Å². The fourth-order valence-electron chi connectivity index (χ4n) is 6.46. The minimum atomic E-state index is -3.62. The number of rotatable bonds is 9. The van der Waals surface area contributed by atoms with Crippen LogP contribution in [0.15, 0.2) is 53.4 Å². The van der Waals surface area contributed by atoms with Crippen LogP contribution in [0.5, 0.6) is 0 Å². The van der Waals surface area contributed by atoms with Gasteiger partial charge in [-0.2, -0.15) is 0 Å². The number of anilines is 1. The number of fused-ring (bicyclic) bond motifs is 1. The molecule has 1 saturated heterocycles. The highest BCUT2D eigenvalue weighted by Gasteiger charge is 2.50. The normalized spacial score (nSPS) is 23.5. The summed E-state index contributed by atoms with van der Waals surface area (Å²) in [5, 5.41) is 4.75. The molecule has 8 nitrogen and oxygen atoms in total. The van der Waals surface area contributed by atoms with E-state index in [4.69, 9.17) is 21.6 Å². The Bertz CT molecular complexity index is 1540. The lowest BCUT2D eigenvalue weighted by atomic mass is 9.78. The predicted molar refractivity (Wildman–Crippen MR) is 169 cm³/mol. The molecule has 0 spiro atoms. The molecule has 2 aromatic carbocycles. The van der Waals surface area contributed by atoms with Crippen molar-refractivity contribution in [3.05, 3.63) is 59.4 Å². The van der Waals surface area contributed by atoms with Crippen molar-refractivity contribution in [1.82, 2.24) is 19.8 Å². The maximum atomic E-state index is 14.2. The van der Waals surface area contributed by atoms with Crippen LogP contribution in [0.25, 0.3) is 10.9 Å². The maximum absolute atomic E-state index is 14.2. The van der Waals surface area contributed by atoms with Crippen molar-refractivity contribution < 1.29 is 13.2 Å². The van der Waals surface area contributed by atoms with Crippen LogP contribution in [0.3, 0.4) is 0 Å². The van der Waals surface area contributed by atoms with Crippen LogP contribution in [0.4, 0.5) is 5.82 Å². The molecule has 1 aliphatic carbocycles. The fraction of sp³-hybridized carbons (Fsp3) is 0.531. The second-order valence-electron chi connectivity index (χ2n) is 12.5. The zero-order chi connectivity index (χ0) is 30.2. The van der Waals surface area contributed by atoms with Crippen LogP contribution in [0.2, 0.25) is 5.02 Å². The van der Waals surface area contributed by atoms with Crippen molar-refractivity contribution in [1.29, 1.82) is 0 Å². The molecule has 1 aliphatic heterocycles. The number of nitrogens with zero attached hydrogens (tertiary/aromatic N) is 4. The van der Waals surface area contributed by atoms with Gasteiger partial charge in [-0.25, -0.2) is 18.4 Å². The summed E-state index contributed by atoms with van der Waals surface area (Å²) in [4.78, 5) is 28.2. The SMILES string of the molecule is CC(C)c1nc(N[C@H]2CCN(C3(CS(=O)(=O)c4ccccc4)CCC(N(C)C(C)C)CC3)C2=O)c2cc(Cl)ccc2n1. The first-order valence-electron chi connectivity index (χ1n) is 15.0. The van der Waals surface area contributed by atoms with Crippen LogP contribution >= 0.6 is 11.6 Å². The first-order chi connectivity index (χ1) is 19.9. The van der Waals surface area contributed by atoms with Gasteiger partial charge in [-0.1, -0.05) is 43.6 Å². The van der Waals surface area contributed by atoms with Crippen molar-refractivity contribution >= 4 is 44.1 Å². The summed E-state index contributed by atoms with van der Waals surface area (Å²) in [6, 6.07) is 14.3. The van der Waals surface area contributed by atoms with Crippen LogP contribution in [0.1, 0.15) is 71.5 Å². The largest absolute Gasteiger partial charge is 0.358 e. The van der Waals surface area contributed by atoms with Gasteiger partial charge in [0, 0.05) is 35.0 Å². The van der Waals surface area contributed by atoms with E-state index in [2.05, 4.69) is 31.1 Å². The fourth-order valence-corrected chi connectivity index (χ4v) is 8.53. The molecule has 2 aliphatic rings. The number of sulfone groups is 1. The topological polar surface area (TPSA) is 95.5 Å². The molecule has 5 rings (SSSR count). The van der Waals surface area contributed by atoms with E-state index in [1.54, 1.807) is 30.3 Å². The molecule has 226 valence electrons. The number of carbonyl (C=O) groups is 1. The molecule has 2 fully saturated rings. The lowest BCUT2D eigenvalue weighted by Gasteiger charge is -2.48. The average Bonchev–Trinajstić information content (AvgIpc) is 3.33. The minimum absolute atomic E-state index is 0.0752. The summed E-state index contributed by atoms with van der Waals surface area (Å²) >= 11 is 6.33. The van der Waals surface area contributed by atoms with E-state index in [9.17, 15) is 13.2 Å². The zero-order valence-electron chi connectivity index (χ0n) is 25.2. The molecule has 42 heavy (non-hydrogen) atoms. The van der Waals surface area contributed by atoms with Crippen LogP contribution in [-0.2, 0) is 14.6 Å². The van der Waals surface area contributed by atoms with Gasteiger partial charge >= 0.3 is 0 Å². The number of hydrogen-bond donors (Lipinski definition) is 1. The third kappa shape index (κ3) is 6.15. The molecule has 10 heteroatoms. The van der Waals surface area contributed by atoms with Gasteiger partial charge in [0.15, 0.2) is 9.84 Å². The Morgan fingerprint density at radius 3 is 2.38 bits per heavy atom.